The van der Waals surface area contributed by atoms with Crippen molar-refractivity contribution in [3.05, 3.63) is 35.6 Å². The Balaban J connectivity index is 1.72. The second-order valence-corrected chi connectivity index (χ2v) is 5.75. The van der Waals surface area contributed by atoms with Crippen molar-refractivity contribution in [3.8, 4) is 0 Å². The highest BCUT2D eigenvalue weighted by Gasteiger charge is 2.11. The molecular formula is C17H27NO. The minimum absolute atomic E-state index is 0.840. The molecule has 0 aromatic rings. The average Bonchev–Trinajstić information content (AvgIpc) is 2.91. The lowest BCUT2D eigenvalue weighted by atomic mass is 10.1. The summed E-state index contributed by atoms with van der Waals surface area (Å²) in [5.74, 6) is 0.991. The maximum Gasteiger partial charge on any atom is 0.121 e. The summed E-state index contributed by atoms with van der Waals surface area (Å²) in [7, 11) is 0. The topological polar surface area (TPSA) is 12.5 Å². The molecule has 2 heteroatoms. The van der Waals surface area contributed by atoms with Crippen molar-refractivity contribution >= 4 is 0 Å². The third-order valence-corrected chi connectivity index (χ3v) is 3.99. The normalized spacial score (nSPS) is 23.9. The Labute approximate surface area is 117 Å². The Bertz CT molecular complexity index is 361. The number of nitrogens with zero attached hydrogens (tertiary/aromatic N) is 1. The average molecular weight is 261 g/mol. The van der Waals surface area contributed by atoms with Gasteiger partial charge in [0.2, 0.25) is 0 Å². The first-order valence-corrected chi connectivity index (χ1v) is 7.66. The molecule has 0 saturated carbocycles. The van der Waals surface area contributed by atoms with Crippen LogP contribution >= 0.6 is 0 Å². The highest BCUT2D eigenvalue weighted by atomic mass is 16.5. The van der Waals surface area contributed by atoms with E-state index in [0.29, 0.717) is 0 Å². The second kappa shape index (κ2) is 7.54. The van der Waals surface area contributed by atoms with Gasteiger partial charge in [0.25, 0.3) is 0 Å². The van der Waals surface area contributed by atoms with Gasteiger partial charge in [-0.25, -0.2) is 0 Å². The molecule has 0 bridgehead atoms. The molecule has 2 saturated heterocycles. The Morgan fingerprint density at radius 3 is 2.84 bits per heavy atom. The van der Waals surface area contributed by atoms with Crippen LogP contribution in [0.25, 0.3) is 0 Å². The summed E-state index contributed by atoms with van der Waals surface area (Å²) in [5.41, 5.74) is 2.58. The van der Waals surface area contributed by atoms with Crippen molar-refractivity contribution in [3.63, 3.8) is 0 Å². The van der Waals surface area contributed by atoms with Crippen LogP contribution in [0.4, 0.5) is 0 Å². The zero-order valence-electron chi connectivity index (χ0n) is 12.3. The summed E-state index contributed by atoms with van der Waals surface area (Å²) in [6.45, 7) is 11.0. The molecule has 0 aliphatic carbocycles. The molecular weight excluding hydrogens is 234 g/mol. The molecule has 19 heavy (non-hydrogen) atoms. The van der Waals surface area contributed by atoms with Gasteiger partial charge in [-0.2, -0.15) is 0 Å². The molecule has 0 unspecified atom stereocenters. The molecule has 0 aromatic heterocycles. The Morgan fingerprint density at radius 1 is 1.32 bits per heavy atom. The summed E-state index contributed by atoms with van der Waals surface area (Å²) in [6, 6.07) is 0. The van der Waals surface area contributed by atoms with Gasteiger partial charge in [-0.3, -0.25) is 0 Å². The lowest BCUT2D eigenvalue weighted by molar-refractivity contribution is 0.194. The van der Waals surface area contributed by atoms with Gasteiger partial charge in [-0.1, -0.05) is 18.2 Å². The molecule has 2 fully saturated rings. The summed E-state index contributed by atoms with van der Waals surface area (Å²) >= 11 is 0. The van der Waals surface area contributed by atoms with Gasteiger partial charge in [0.15, 0.2) is 0 Å². The van der Waals surface area contributed by atoms with Crippen molar-refractivity contribution in [1.29, 1.82) is 0 Å². The van der Waals surface area contributed by atoms with Crippen LogP contribution in [0.15, 0.2) is 35.6 Å². The third kappa shape index (κ3) is 4.87. The first kappa shape index (κ1) is 14.4. The minimum atomic E-state index is 0.840. The Hall–Kier alpha value is -1.02. The molecule has 0 spiro atoms. The van der Waals surface area contributed by atoms with Crippen LogP contribution in [0.2, 0.25) is 0 Å². The van der Waals surface area contributed by atoms with Gasteiger partial charge in [0, 0.05) is 0 Å². The van der Waals surface area contributed by atoms with E-state index in [1.54, 1.807) is 0 Å². The van der Waals surface area contributed by atoms with E-state index in [4.69, 9.17) is 4.74 Å². The maximum absolute atomic E-state index is 5.64. The van der Waals surface area contributed by atoms with Crippen LogP contribution in [0.1, 0.15) is 45.4 Å². The molecule has 0 N–H and O–H groups in total. The molecule has 2 heterocycles. The van der Waals surface area contributed by atoms with Crippen molar-refractivity contribution in [1.82, 2.24) is 4.90 Å². The number of hydrogen-bond acceptors (Lipinski definition) is 2. The fraction of sp³-hybridized carbons (Fsp3) is 0.647. The quantitative estimate of drug-likeness (QED) is 0.740. The lowest BCUT2D eigenvalue weighted by Crippen LogP contribution is -2.20. The summed E-state index contributed by atoms with van der Waals surface area (Å²) in [4.78, 5) is 2.58. The van der Waals surface area contributed by atoms with Crippen LogP contribution < -0.4 is 0 Å². The predicted molar refractivity (Wildman–Crippen MR) is 81.1 cm³/mol. The molecule has 2 nitrogen and oxygen atoms in total. The van der Waals surface area contributed by atoms with Gasteiger partial charge in [0.1, 0.15) is 5.76 Å². The van der Waals surface area contributed by atoms with Gasteiger partial charge in [-0.05, 0) is 76.7 Å². The van der Waals surface area contributed by atoms with E-state index in [1.165, 1.54) is 50.9 Å². The first-order chi connectivity index (χ1) is 9.25. The standard InChI is InChI=1S/C17H27NO/c1-15(7-5-13-18-11-3-4-12-18)9-10-17-16(2)8-6-14-19-17/h9-10H,2-8,11-14H2,1H3/b15-9+,17-10+. The number of likely N-dealkylation sites (tertiary alicyclic amines) is 1. The fourth-order valence-electron chi connectivity index (χ4n) is 2.75. The SMILES string of the molecule is C=C1CCCO/C1=C/C=C(\C)CCCN1CCCC1. The van der Waals surface area contributed by atoms with Crippen molar-refractivity contribution in [2.75, 3.05) is 26.2 Å². The predicted octanol–water partition coefficient (Wildman–Crippen LogP) is 4.06. The van der Waals surface area contributed by atoms with E-state index in [-0.39, 0.29) is 0 Å². The van der Waals surface area contributed by atoms with Crippen LogP contribution in [0, 0.1) is 0 Å². The molecule has 2 aliphatic heterocycles. The smallest absolute Gasteiger partial charge is 0.121 e. The van der Waals surface area contributed by atoms with Gasteiger partial charge in [0.05, 0.1) is 6.61 Å². The van der Waals surface area contributed by atoms with E-state index in [1.807, 2.05) is 0 Å². The van der Waals surface area contributed by atoms with Crippen molar-refractivity contribution < 1.29 is 4.74 Å². The fourth-order valence-corrected chi connectivity index (χ4v) is 2.75. The van der Waals surface area contributed by atoms with Crippen molar-refractivity contribution in [2.45, 2.75) is 45.4 Å². The van der Waals surface area contributed by atoms with Crippen LogP contribution in [-0.4, -0.2) is 31.1 Å². The maximum atomic E-state index is 5.64. The van der Waals surface area contributed by atoms with Gasteiger partial charge in [-0.15, -0.1) is 0 Å². The van der Waals surface area contributed by atoms with E-state index in [9.17, 15) is 0 Å². The summed E-state index contributed by atoms with van der Waals surface area (Å²) in [5, 5.41) is 0. The van der Waals surface area contributed by atoms with Crippen LogP contribution in [0.5, 0.6) is 0 Å². The minimum Gasteiger partial charge on any atom is -0.493 e. The number of hydrogen-bond donors (Lipinski definition) is 0. The zero-order chi connectivity index (χ0) is 13.5. The van der Waals surface area contributed by atoms with E-state index in [0.717, 1.165) is 30.8 Å². The van der Waals surface area contributed by atoms with Gasteiger partial charge >= 0.3 is 0 Å². The van der Waals surface area contributed by atoms with Crippen molar-refractivity contribution in [2.24, 2.45) is 0 Å². The Kier molecular flexibility index (Phi) is 5.71. The molecule has 106 valence electrons. The van der Waals surface area contributed by atoms with Crippen LogP contribution in [-0.2, 0) is 4.74 Å². The molecule has 2 aliphatic rings. The van der Waals surface area contributed by atoms with E-state index >= 15 is 0 Å². The third-order valence-electron chi connectivity index (χ3n) is 3.99. The molecule has 0 atom stereocenters. The summed E-state index contributed by atoms with van der Waals surface area (Å²) in [6.07, 6.45) is 11.7. The largest absolute Gasteiger partial charge is 0.493 e. The molecule has 0 radical (unpaired) electrons. The molecule has 2 rings (SSSR count). The Morgan fingerprint density at radius 2 is 2.11 bits per heavy atom. The van der Waals surface area contributed by atoms with Gasteiger partial charge < -0.3 is 9.64 Å². The monoisotopic (exact) mass is 261 g/mol. The molecule has 0 aromatic carbocycles. The summed E-state index contributed by atoms with van der Waals surface area (Å²) < 4.78 is 5.64. The zero-order valence-corrected chi connectivity index (χ0v) is 12.3. The van der Waals surface area contributed by atoms with E-state index in [2.05, 4.69) is 30.6 Å². The lowest BCUT2D eigenvalue weighted by Gasteiger charge is -2.18. The number of rotatable bonds is 5. The number of ether oxygens (including phenoxy) is 1. The van der Waals surface area contributed by atoms with E-state index < -0.39 is 0 Å². The van der Waals surface area contributed by atoms with Crippen LogP contribution in [0.3, 0.4) is 0 Å². The second-order valence-electron chi connectivity index (χ2n) is 5.75. The highest BCUT2D eigenvalue weighted by molar-refractivity contribution is 5.29. The first-order valence-electron chi connectivity index (χ1n) is 7.66. The highest BCUT2D eigenvalue weighted by Crippen LogP contribution is 2.21. The molecule has 0 amide bonds. The number of allylic oxidation sites excluding steroid dienone is 4.